The van der Waals surface area contributed by atoms with Crippen molar-refractivity contribution in [2.24, 2.45) is 59.2 Å². The number of amides is 8. The first kappa shape index (κ1) is 45.6. The third kappa shape index (κ3) is 7.60. The summed E-state index contributed by atoms with van der Waals surface area (Å²) in [6.45, 7) is 1.97. The summed E-state index contributed by atoms with van der Waals surface area (Å²) in [5, 5.41) is 0. The number of esters is 2. The molecule has 17 nitrogen and oxygen atoms in total. The van der Waals surface area contributed by atoms with Crippen molar-refractivity contribution in [2.45, 2.75) is 58.3 Å². The fourth-order valence-electron chi connectivity index (χ4n) is 12.1. The zero-order valence-corrected chi connectivity index (χ0v) is 38.8. The number of para-hydroxylation sites is 4. The first-order valence-electron chi connectivity index (χ1n) is 24.1. The van der Waals surface area contributed by atoms with Crippen LogP contribution in [0.4, 0.5) is 17.1 Å². The molecule has 71 heavy (non-hydrogen) atoms. The van der Waals surface area contributed by atoms with Crippen LogP contribution in [0.2, 0.25) is 0 Å². The number of carbonyl (C=O) groups excluding carboxylic acids is 10. The normalized spacial score (nSPS) is 29.0. The Bertz CT molecular complexity index is 2950. The minimum absolute atomic E-state index is 0.0247. The topological polar surface area (TPSA) is 211 Å². The molecule has 0 bridgehead atoms. The Kier molecular flexibility index (Phi) is 11.3. The van der Waals surface area contributed by atoms with Gasteiger partial charge >= 0.3 is 11.9 Å². The van der Waals surface area contributed by atoms with Crippen molar-refractivity contribution in [3.8, 4) is 23.0 Å². The maximum absolute atomic E-state index is 14.3. The lowest BCUT2D eigenvalue weighted by molar-refractivity contribution is -0.143. The number of benzene rings is 4. The number of aryl methyl sites for hydroxylation is 1. The molecule has 362 valence electrons. The van der Waals surface area contributed by atoms with E-state index in [0.29, 0.717) is 30.0 Å². The number of ether oxygens (including phenoxy) is 3. The standard InChI is InChI=1S/C54H48N4O13/c1-27-11-17-31(18-12-27)69-32-19-15-30(16-20-32)56-47(61)34-22-14-29(24-36(34)48(56)62)54(68)71-44-10-6-4-8-42(44)58-51(65)39-25-37-38(26-40(39)52(58)66)50(64)57(49(37)63)41-7-3-5-9-43(41)70-53(67)28-13-21-33-35(23-28)46(60)55(2)45(33)59/h3-12,15-20,28-29,33-40H,13-14,21-26H2,1-2H3. The maximum Gasteiger partial charge on any atom is 0.314 e. The highest BCUT2D eigenvalue weighted by atomic mass is 16.5. The Morgan fingerprint density at radius 3 is 1.27 bits per heavy atom. The van der Waals surface area contributed by atoms with Crippen LogP contribution in [0.5, 0.6) is 23.0 Å². The first-order valence-corrected chi connectivity index (χ1v) is 24.1. The van der Waals surface area contributed by atoms with Crippen molar-refractivity contribution in [3.63, 3.8) is 0 Å². The van der Waals surface area contributed by atoms with Gasteiger partial charge in [-0.3, -0.25) is 57.7 Å². The highest BCUT2D eigenvalue weighted by molar-refractivity contribution is 6.26. The molecule has 7 aliphatic rings. The summed E-state index contributed by atoms with van der Waals surface area (Å²) in [4.78, 5) is 141. The quantitative estimate of drug-likeness (QED) is 0.108. The predicted molar refractivity (Wildman–Crippen MR) is 249 cm³/mol. The monoisotopic (exact) mass is 960 g/mol. The number of fused-ring (bicyclic) bond motifs is 4. The third-order valence-electron chi connectivity index (χ3n) is 15.9. The van der Waals surface area contributed by atoms with Crippen LogP contribution in [0.15, 0.2) is 97.1 Å². The van der Waals surface area contributed by atoms with E-state index in [0.717, 1.165) is 20.3 Å². The van der Waals surface area contributed by atoms with E-state index in [9.17, 15) is 47.9 Å². The molecule has 10 unspecified atom stereocenters. The summed E-state index contributed by atoms with van der Waals surface area (Å²) >= 11 is 0. The van der Waals surface area contributed by atoms with Crippen LogP contribution in [-0.4, -0.2) is 71.1 Å². The summed E-state index contributed by atoms with van der Waals surface area (Å²) in [5.41, 5.74) is 1.54. The van der Waals surface area contributed by atoms with E-state index in [1.807, 2.05) is 31.2 Å². The number of hydrogen-bond acceptors (Lipinski definition) is 13. The average molecular weight is 961 g/mol. The van der Waals surface area contributed by atoms with E-state index in [4.69, 9.17) is 14.2 Å². The molecule has 0 N–H and O–H groups in total. The minimum Gasteiger partial charge on any atom is -0.457 e. The molecule has 3 saturated carbocycles. The first-order chi connectivity index (χ1) is 34.2. The molecule has 10 atom stereocenters. The van der Waals surface area contributed by atoms with E-state index >= 15 is 0 Å². The van der Waals surface area contributed by atoms with Gasteiger partial charge < -0.3 is 14.2 Å². The van der Waals surface area contributed by atoms with Gasteiger partial charge in [0.15, 0.2) is 11.5 Å². The number of rotatable bonds is 9. The molecule has 3 aliphatic carbocycles. The number of imide groups is 4. The summed E-state index contributed by atoms with van der Waals surface area (Å²) in [7, 11) is 1.43. The number of anilines is 3. The number of nitrogens with zero attached hydrogens (tertiary/aromatic N) is 4. The second kappa shape index (κ2) is 17.5. The Hall–Kier alpha value is -7.82. The zero-order chi connectivity index (χ0) is 49.6. The Labute approximate surface area is 407 Å². The van der Waals surface area contributed by atoms with Crippen LogP contribution in [0.1, 0.15) is 56.9 Å². The van der Waals surface area contributed by atoms with E-state index in [1.54, 1.807) is 48.5 Å². The highest BCUT2D eigenvalue weighted by Gasteiger charge is 2.61. The molecule has 4 saturated heterocycles. The van der Waals surface area contributed by atoms with Gasteiger partial charge in [-0.25, -0.2) is 9.80 Å². The SMILES string of the molecule is Cc1ccc(Oc2ccc(N3C(=O)C4CCC(C(=O)Oc5ccccc5N5C(=O)C6CC7C(=O)N(c8ccccc8OC(=O)C8CCC9C(=O)N(C)C(=O)C9C8)C(=O)C7CC6C5=O)CC4C3=O)cc2)cc1. The van der Waals surface area contributed by atoms with Gasteiger partial charge in [0.2, 0.25) is 47.3 Å². The molecule has 11 rings (SSSR count). The largest absolute Gasteiger partial charge is 0.457 e. The van der Waals surface area contributed by atoms with Crippen molar-refractivity contribution >= 4 is 76.3 Å². The van der Waals surface area contributed by atoms with Crippen LogP contribution in [0.3, 0.4) is 0 Å². The van der Waals surface area contributed by atoms with Gasteiger partial charge in [0.25, 0.3) is 0 Å². The van der Waals surface area contributed by atoms with Crippen molar-refractivity contribution in [1.82, 2.24) is 4.90 Å². The predicted octanol–water partition coefficient (Wildman–Crippen LogP) is 5.94. The molecule has 4 aromatic rings. The molecule has 8 amide bonds. The van der Waals surface area contributed by atoms with Gasteiger partial charge in [-0.05, 0) is 119 Å². The van der Waals surface area contributed by atoms with Gasteiger partial charge in [0.1, 0.15) is 11.5 Å². The fraction of sp³-hybridized carbons (Fsp3) is 0.370. The second-order valence-electron chi connectivity index (χ2n) is 19.8. The molecular formula is C54H48N4O13. The van der Waals surface area contributed by atoms with Gasteiger partial charge in [-0.2, -0.15) is 0 Å². The van der Waals surface area contributed by atoms with Gasteiger partial charge in [0, 0.05) is 7.05 Å². The van der Waals surface area contributed by atoms with Crippen LogP contribution >= 0.6 is 0 Å². The molecule has 7 fully saturated rings. The smallest absolute Gasteiger partial charge is 0.314 e. The molecular weight excluding hydrogens is 913 g/mol. The van der Waals surface area contributed by atoms with E-state index < -0.39 is 101 Å². The summed E-state index contributed by atoms with van der Waals surface area (Å²) in [5.74, 6) is -11.8. The maximum atomic E-state index is 14.3. The van der Waals surface area contributed by atoms with Crippen LogP contribution < -0.4 is 28.9 Å². The number of hydrogen-bond donors (Lipinski definition) is 0. The third-order valence-corrected chi connectivity index (χ3v) is 15.9. The molecule has 4 aromatic carbocycles. The van der Waals surface area contributed by atoms with Crippen molar-refractivity contribution in [3.05, 3.63) is 103 Å². The van der Waals surface area contributed by atoms with E-state index in [-0.39, 0.29) is 79.1 Å². The van der Waals surface area contributed by atoms with E-state index in [1.165, 1.54) is 36.2 Å². The summed E-state index contributed by atoms with van der Waals surface area (Å²) in [6.07, 6.45) is 1.20. The molecule has 4 aliphatic heterocycles. The molecule has 0 aromatic heterocycles. The van der Waals surface area contributed by atoms with Crippen LogP contribution in [-0.2, 0) is 47.9 Å². The van der Waals surface area contributed by atoms with Crippen molar-refractivity contribution < 1.29 is 62.2 Å². The van der Waals surface area contributed by atoms with Gasteiger partial charge in [0.05, 0.1) is 76.2 Å². The van der Waals surface area contributed by atoms with Gasteiger partial charge in [-0.15, -0.1) is 0 Å². The Morgan fingerprint density at radius 2 is 0.789 bits per heavy atom. The van der Waals surface area contributed by atoms with Gasteiger partial charge in [-0.1, -0.05) is 42.0 Å². The van der Waals surface area contributed by atoms with Crippen molar-refractivity contribution in [2.75, 3.05) is 21.7 Å². The number of carbonyl (C=O) groups is 10. The number of likely N-dealkylation sites (tertiary alicyclic amines) is 1. The van der Waals surface area contributed by atoms with Crippen molar-refractivity contribution in [1.29, 1.82) is 0 Å². The lowest BCUT2D eigenvalue weighted by atomic mass is 9.70. The Balaban J connectivity index is 0.741. The molecule has 4 heterocycles. The molecule has 0 radical (unpaired) electrons. The molecule has 17 heteroatoms. The summed E-state index contributed by atoms with van der Waals surface area (Å²) < 4.78 is 17.7. The summed E-state index contributed by atoms with van der Waals surface area (Å²) in [6, 6.07) is 26.4. The lowest BCUT2D eigenvalue weighted by Crippen LogP contribution is -2.35. The second-order valence-corrected chi connectivity index (χ2v) is 19.8. The van der Waals surface area contributed by atoms with Crippen LogP contribution in [0.25, 0.3) is 0 Å². The van der Waals surface area contributed by atoms with Crippen LogP contribution in [0, 0.1) is 66.1 Å². The highest BCUT2D eigenvalue weighted by Crippen LogP contribution is 2.52. The minimum atomic E-state index is -0.960. The zero-order valence-electron chi connectivity index (χ0n) is 38.8. The lowest BCUT2D eigenvalue weighted by Gasteiger charge is -2.28. The van der Waals surface area contributed by atoms with E-state index in [2.05, 4.69) is 0 Å². The average Bonchev–Trinajstić information content (AvgIpc) is 3.96. The fourth-order valence-corrected chi connectivity index (χ4v) is 12.1. The molecule has 0 spiro atoms. The Morgan fingerprint density at radius 1 is 0.423 bits per heavy atom.